The van der Waals surface area contributed by atoms with E-state index in [0.29, 0.717) is 51.8 Å². The van der Waals surface area contributed by atoms with Crippen LogP contribution in [0.1, 0.15) is 175 Å². The Morgan fingerprint density at radius 2 is 0.646 bits per heavy atom. The van der Waals surface area contributed by atoms with E-state index in [2.05, 4.69) is 144 Å². The van der Waals surface area contributed by atoms with Crippen molar-refractivity contribution in [3.8, 4) is 0 Å². The molecule has 0 aromatic carbocycles. The second kappa shape index (κ2) is 40.5. The smallest absolute Gasteiger partial charge is 0.100 e. The highest BCUT2D eigenvalue weighted by Gasteiger charge is 2.29. The summed E-state index contributed by atoms with van der Waals surface area (Å²) < 4.78 is 1.75. The minimum absolute atomic E-state index is 0. The maximum Gasteiger partial charge on any atom is 0.100 e. The normalized spacial score (nSPS) is 22.2. The van der Waals surface area contributed by atoms with Crippen LogP contribution in [0.3, 0.4) is 0 Å². The van der Waals surface area contributed by atoms with Crippen LogP contribution in [-0.4, -0.2) is 52.7 Å². The number of rotatable bonds is 17. The Bertz CT molecular complexity index is 1900. The van der Waals surface area contributed by atoms with Crippen LogP contribution < -0.4 is 0 Å². The molecule has 0 spiro atoms. The highest BCUT2D eigenvalue weighted by atomic mass is 33.1. The number of aliphatic imine (C=N–C) groups is 3. The zero-order valence-corrected chi connectivity index (χ0v) is 52.0. The van der Waals surface area contributed by atoms with E-state index < -0.39 is 0 Å². The van der Waals surface area contributed by atoms with Gasteiger partial charge in [0, 0.05) is 52.1 Å². The van der Waals surface area contributed by atoms with Crippen LogP contribution in [0.15, 0.2) is 46.8 Å². The summed E-state index contributed by atoms with van der Waals surface area (Å²) in [6, 6.07) is 0. The van der Waals surface area contributed by atoms with Gasteiger partial charge in [-0.2, -0.15) is 0 Å². The molecular weight excluding hydrogens is 1150 g/mol. The van der Waals surface area contributed by atoms with Gasteiger partial charge in [0.25, 0.3) is 0 Å². The summed E-state index contributed by atoms with van der Waals surface area (Å²) in [7, 11) is 6.02. The van der Waals surface area contributed by atoms with E-state index in [1.165, 1.54) is 21.7 Å². The van der Waals surface area contributed by atoms with Gasteiger partial charge in [-0.25, -0.2) is 0 Å². The molecule has 0 aliphatic carbocycles. The molecule has 0 N–H and O–H groups in total. The van der Waals surface area contributed by atoms with Crippen molar-refractivity contribution in [3.05, 3.63) is 31.8 Å². The minimum atomic E-state index is -0.274. The average Bonchev–Trinajstić information content (AvgIpc) is 3.89. The Labute approximate surface area is 465 Å². The zero-order valence-electron chi connectivity index (χ0n) is 37.3. The number of allylic oxidation sites excluding steroid dienone is 3. The van der Waals surface area contributed by atoms with Crippen molar-refractivity contribution in [1.29, 1.82) is 0 Å². The largest absolute Gasteiger partial charge is 0.253 e. The summed E-state index contributed by atoms with van der Waals surface area (Å²) in [4.78, 5) is 13.8. The molecule has 390 valence electrons. The predicted molar refractivity (Wildman–Crippen MR) is 361 cm³/mol. The Balaban J connectivity index is -0.000000198. The molecule has 0 bridgehead atoms. The van der Waals surface area contributed by atoms with Crippen molar-refractivity contribution in [3.63, 3.8) is 0 Å². The van der Waals surface area contributed by atoms with E-state index in [9.17, 15) is 0 Å². The lowest BCUT2D eigenvalue weighted by molar-refractivity contribution is 0.793. The van der Waals surface area contributed by atoms with Crippen LogP contribution >= 0.6 is 0 Å². The van der Waals surface area contributed by atoms with Gasteiger partial charge in [0.1, 0.15) is 10.1 Å². The molecule has 3 nitrogen and oxygen atoms in total. The van der Waals surface area contributed by atoms with Gasteiger partial charge >= 0.3 is 0 Å². The molecule has 14 unspecified atom stereocenters. The summed E-state index contributed by atoms with van der Waals surface area (Å²) in [5.74, 6) is 1.49. The molecular formula is C44H91N3S18. The zero-order chi connectivity index (χ0) is 45.5. The summed E-state index contributed by atoms with van der Waals surface area (Å²) in [6.07, 6.45) is 9.54. The molecule has 0 saturated carbocycles. The van der Waals surface area contributed by atoms with Crippen LogP contribution in [0.2, 0.25) is 0 Å². The second-order valence-corrected chi connectivity index (χ2v) is 44.9. The topological polar surface area (TPSA) is 37.1 Å². The average molecular weight is 1240 g/mol. The summed E-state index contributed by atoms with van der Waals surface area (Å²) in [5, 5.41) is 5.16. The van der Waals surface area contributed by atoms with Gasteiger partial charge in [-0.1, -0.05) is 154 Å². The van der Waals surface area contributed by atoms with E-state index in [1.807, 2.05) is 0 Å². The first-order chi connectivity index (χ1) is 27.7. The Kier molecular flexibility index (Phi) is 49.5. The third-order valence-corrected chi connectivity index (χ3v) is 48.0. The molecule has 21 heteroatoms. The van der Waals surface area contributed by atoms with E-state index in [0.717, 1.165) is 29.3 Å². The van der Waals surface area contributed by atoms with Crippen molar-refractivity contribution in [1.82, 2.24) is 0 Å². The van der Waals surface area contributed by atoms with Gasteiger partial charge in [0.15, 0.2) is 0 Å². The first-order valence-electron chi connectivity index (χ1n) is 19.7. The van der Waals surface area contributed by atoms with Crippen molar-refractivity contribution in [2.45, 2.75) is 209 Å². The Morgan fingerprint density at radius 1 is 0.415 bits per heavy atom. The molecule has 0 amide bonds. The van der Waals surface area contributed by atoms with Gasteiger partial charge in [0.05, 0.1) is 23.4 Å². The summed E-state index contributed by atoms with van der Waals surface area (Å²) in [6.45, 7) is 35.7. The maximum absolute atomic E-state index is 5.92. The fourth-order valence-electron chi connectivity index (χ4n) is 6.15. The predicted octanol–water partition coefficient (Wildman–Crippen LogP) is 14.0. The molecule has 0 fully saturated rings. The maximum atomic E-state index is 5.92. The molecule has 0 radical (unpaired) electrons. The van der Waals surface area contributed by atoms with Gasteiger partial charge in [0.2, 0.25) is 0 Å². The molecule has 3 heterocycles. The van der Waals surface area contributed by atoms with Crippen LogP contribution in [0.25, 0.3) is 0 Å². The monoisotopic (exact) mass is 1240 g/mol. The SMILES string of the molecule is C.C.C.C.C.C.CCC1C=NC(S(=S)C(C)C)=C1C.CCC1C=NC(S(=S)C(C)S(=S=S)C(C)S(=S=S)C(C)C)=C1C.CCC1C=NC(S(=S)C(C)S(=S=S)C(C)S(=S=S)C(C)C)=C1C. The molecule has 3 aliphatic heterocycles. The quantitative estimate of drug-likeness (QED) is 0.144. The molecule has 14 atom stereocenters. The highest BCUT2D eigenvalue weighted by Crippen LogP contribution is 2.32. The van der Waals surface area contributed by atoms with Crippen molar-refractivity contribution >= 4 is 199 Å². The van der Waals surface area contributed by atoms with E-state index >= 15 is 0 Å². The van der Waals surface area contributed by atoms with E-state index in [1.54, 1.807) is 35.5 Å². The molecule has 3 rings (SSSR count). The first kappa shape index (κ1) is 79.5. The second-order valence-electron chi connectivity index (χ2n) is 14.7. The standard InChI is InChI=1S/2C14H25NS8.C10H17NS2.6CH4/c2*1-7-13-8-15-14(10(13)4)21(18)11(5)23(20-17)12(6)22(19-16)9(2)3;1-5-9-6-11-10(8(9)4)13(12)7(2)3;;;;;;/h2*8-9,11-13H,7H2,1-6H3;6-7,9H,5H2,1-4H3;6*1H4. The molecule has 3 aliphatic rings. The van der Waals surface area contributed by atoms with E-state index in [-0.39, 0.29) is 111 Å². The molecule has 0 aromatic rings. The lowest BCUT2D eigenvalue weighted by atomic mass is 10.0. The highest BCUT2D eigenvalue weighted by molar-refractivity contribution is 8.59. The van der Waals surface area contributed by atoms with E-state index in [4.69, 9.17) is 78.3 Å². The van der Waals surface area contributed by atoms with Crippen molar-refractivity contribution in [2.24, 2.45) is 32.7 Å². The van der Waals surface area contributed by atoms with Gasteiger partial charge in [-0.3, -0.25) is 15.0 Å². The van der Waals surface area contributed by atoms with Gasteiger partial charge in [-0.05, 0) is 198 Å². The fraction of sp³-hybridized carbons (Fsp3) is 0.795. The lowest BCUT2D eigenvalue weighted by Crippen LogP contribution is -2.30. The molecule has 65 heavy (non-hydrogen) atoms. The Hall–Kier alpha value is 3.10. The third kappa shape index (κ3) is 22.6. The lowest BCUT2D eigenvalue weighted by Gasteiger charge is -2.26. The van der Waals surface area contributed by atoms with Crippen LogP contribution in [0.5, 0.6) is 0 Å². The van der Waals surface area contributed by atoms with Crippen molar-refractivity contribution in [2.75, 3.05) is 0 Å². The van der Waals surface area contributed by atoms with Crippen LogP contribution in [0, 0.1) is 17.8 Å². The summed E-state index contributed by atoms with van der Waals surface area (Å²) in [5.41, 5.74) is 4.13. The van der Waals surface area contributed by atoms with Crippen LogP contribution in [0.4, 0.5) is 0 Å². The third-order valence-electron chi connectivity index (χ3n) is 9.92. The van der Waals surface area contributed by atoms with Crippen molar-refractivity contribution < 1.29 is 0 Å². The summed E-state index contributed by atoms with van der Waals surface area (Å²) >= 11 is 38.9. The number of hydrogen-bond acceptors (Lipinski definition) is 10. The molecule has 0 aromatic heterocycles. The fourth-order valence-corrected chi connectivity index (χ4v) is 46.2. The number of hydrogen-bond donors (Lipinski definition) is 0. The first-order valence-corrected chi connectivity index (χ1v) is 40.8. The minimum Gasteiger partial charge on any atom is -0.253 e. The van der Waals surface area contributed by atoms with Crippen LogP contribution in [-0.2, 0) is 180 Å². The molecule has 0 saturated heterocycles. The van der Waals surface area contributed by atoms with Gasteiger partial charge in [-0.15, -0.1) is 18.9 Å². The number of nitrogens with zero attached hydrogens (tertiary/aromatic N) is 3. The Morgan fingerprint density at radius 3 is 0.815 bits per heavy atom. The van der Waals surface area contributed by atoms with Gasteiger partial charge < -0.3 is 0 Å².